The molecule has 2 aromatic heterocycles. The Morgan fingerprint density at radius 3 is 3.09 bits per heavy atom. The summed E-state index contributed by atoms with van der Waals surface area (Å²) in [5.41, 5.74) is 2.55. The van der Waals surface area contributed by atoms with Crippen LogP contribution in [-0.2, 0) is 19.4 Å². The van der Waals surface area contributed by atoms with Crippen molar-refractivity contribution in [1.29, 1.82) is 0 Å². The Bertz CT molecular complexity index is 780. The van der Waals surface area contributed by atoms with Crippen molar-refractivity contribution in [3.63, 3.8) is 0 Å². The molecule has 7 heteroatoms. The van der Waals surface area contributed by atoms with E-state index in [0.717, 1.165) is 43.4 Å². The zero-order chi connectivity index (χ0) is 15.8. The predicted octanol–water partition coefficient (Wildman–Crippen LogP) is 0.760. The molecule has 1 fully saturated rings. The molecule has 1 aliphatic heterocycles. The van der Waals surface area contributed by atoms with Gasteiger partial charge < -0.3 is 4.90 Å². The van der Waals surface area contributed by atoms with Crippen molar-refractivity contribution >= 4 is 5.91 Å². The number of hydrogen-bond donors (Lipinski definition) is 1. The molecule has 23 heavy (non-hydrogen) atoms. The van der Waals surface area contributed by atoms with E-state index in [4.69, 9.17) is 0 Å². The summed E-state index contributed by atoms with van der Waals surface area (Å²) in [7, 11) is 0. The second-order valence-corrected chi connectivity index (χ2v) is 6.26. The summed E-state index contributed by atoms with van der Waals surface area (Å²) in [6, 6.07) is 3.40. The Morgan fingerprint density at radius 1 is 1.35 bits per heavy atom. The highest BCUT2D eigenvalue weighted by Crippen LogP contribution is 2.21. The first-order valence-electron chi connectivity index (χ1n) is 8.12. The van der Waals surface area contributed by atoms with Gasteiger partial charge in [-0.2, -0.15) is 10.2 Å². The average molecular weight is 313 g/mol. The molecule has 4 rings (SSSR count). The van der Waals surface area contributed by atoms with Crippen molar-refractivity contribution in [2.45, 2.75) is 44.7 Å². The number of nitrogens with zero attached hydrogens (tertiary/aromatic N) is 4. The molecular formula is C16H19N5O2. The van der Waals surface area contributed by atoms with Gasteiger partial charge in [0.2, 0.25) is 0 Å². The lowest BCUT2D eigenvalue weighted by Crippen LogP contribution is -2.41. The van der Waals surface area contributed by atoms with Crippen LogP contribution in [-0.4, -0.2) is 43.4 Å². The minimum absolute atomic E-state index is 0.00968. The summed E-state index contributed by atoms with van der Waals surface area (Å²) in [5, 5.41) is 11.1. The van der Waals surface area contributed by atoms with Crippen LogP contribution < -0.4 is 5.56 Å². The van der Waals surface area contributed by atoms with Crippen LogP contribution in [0.25, 0.3) is 0 Å². The van der Waals surface area contributed by atoms with Crippen molar-refractivity contribution < 1.29 is 4.79 Å². The van der Waals surface area contributed by atoms with Crippen LogP contribution in [0, 0.1) is 0 Å². The van der Waals surface area contributed by atoms with Gasteiger partial charge in [0.05, 0.1) is 18.3 Å². The van der Waals surface area contributed by atoms with Crippen LogP contribution in [0.4, 0.5) is 0 Å². The third-order valence-corrected chi connectivity index (χ3v) is 4.78. The third kappa shape index (κ3) is 2.56. The molecule has 1 unspecified atom stereocenters. The van der Waals surface area contributed by atoms with Crippen LogP contribution in [0.15, 0.2) is 23.1 Å². The van der Waals surface area contributed by atoms with Gasteiger partial charge >= 0.3 is 0 Å². The van der Waals surface area contributed by atoms with Gasteiger partial charge in [-0.15, -0.1) is 0 Å². The number of nitrogens with one attached hydrogen (secondary N) is 1. The molecule has 120 valence electrons. The van der Waals surface area contributed by atoms with E-state index in [9.17, 15) is 9.59 Å². The number of aromatic amines is 1. The fourth-order valence-corrected chi connectivity index (χ4v) is 3.59. The van der Waals surface area contributed by atoms with E-state index in [1.807, 2.05) is 4.90 Å². The molecule has 1 amide bonds. The van der Waals surface area contributed by atoms with Crippen LogP contribution in [0.3, 0.4) is 0 Å². The van der Waals surface area contributed by atoms with Gasteiger partial charge in [-0.05, 0) is 43.7 Å². The van der Waals surface area contributed by atoms with Crippen molar-refractivity contribution in [2.75, 3.05) is 6.54 Å². The van der Waals surface area contributed by atoms with E-state index >= 15 is 0 Å². The van der Waals surface area contributed by atoms with Crippen molar-refractivity contribution in [2.24, 2.45) is 0 Å². The Labute approximate surface area is 133 Å². The van der Waals surface area contributed by atoms with Crippen LogP contribution in [0.5, 0.6) is 0 Å². The lowest BCUT2D eigenvalue weighted by Gasteiger charge is -2.24. The first kappa shape index (κ1) is 14.2. The maximum atomic E-state index is 12.5. The quantitative estimate of drug-likeness (QED) is 0.907. The summed E-state index contributed by atoms with van der Waals surface area (Å²) in [5.74, 6) is -0.0563. The minimum Gasteiger partial charge on any atom is -0.332 e. The number of aromatic nitrogens is 4. The van der Waals surface area contributed by atoms with Gasteiger partial charge in [0, 0.05) is 18.8 Å². The van der Waals surface area contributed by atoms with E-state index in [1.54, 1.807) is 18.3 Å². The maximum Gasteiger partial charge on any atom is 0.272 e. The second-order valence-electron chi connectivity index (χ2n) is 6.26. The Balaban J connectivity index is 1.56. The summed E-state index contributed by atoms with van der Waals surface area (Å²) >= 11 is 0. The SMILES string of the molecule is O=C(c1ccn[nH]1)N1CCCC1Cn1nc2c(cc1=O)CCC2. The number of aryl methyl sites for hydroxylation is 2. The molecule has 0 radical (unpaired) electrons. The Morgan fingerprint density at radius 2 is 2.26 bits per heavy atom. The molecule has 1 N–H and O–H groups in total. The fourth-order valence-electron chi connectivity index (χ4n) is 3.59. The lowest BCUT2D eigenvalue weighted by molar-refractivity contribution is 0.0714. The van der Waals surface area contributed by atoms with Crippen molar-refractivity contribution in [3.05, 3.63) is 45.6 Å². The molecule has 1 aliphatic carbocycles. The number of rotatable bonds is 3. The maximum absolute atomic E-state index is 12.5. The first-order chi connectivity index (χ1) is 11.2. The van der Waals surface area contributed by atoms with Crippen LogP contribution in [0.2, 0.25) is 0 Å². The van der Waals surface area contributed by atoms with Gasteiger partial charge in [0.25, 0.3) is 11.5 Å². The minimum atomic E-state index is -0.0634. The number of hydrogen-bond acceptors (Lipinski definition) is 4. The molecule has 1 atom stereocenters. The third-order valence-electron chi connectivity index (χ3n) is 4.78. The number of likely N-dealkylation sites (tertiary alicyclic amines) is 1. The molecule has 0 aromatic carbocycles. The molecule has 2 aliphatic rings. The number of amides is 1. The average Bonchev–Trinajstić information content (AvgIpc) is 3.28. The fraction of sp³-hybridized carbons (Fsp3) is 0.500. The van der Waals surface area contributed by atoms with Crippen LogP contribution in [0.1, 0.15) is 41.0 Å². The summed E-state index contributed by atoms with van der Waals surface area (Å²) in [6.07, 6.45) is 6.38. The lowest BCUT2D eigenvalue weighted by atomic mass is 10.2. The number of H-pyrrole nitrogens is 1. The van der Waals surface area contributed by atoms with Crippen LogP contribution >= 0.6 is 0 Å². The number of fused-ring (bicyclic) bond motifs is 1. The van der Waals surface area contributed by atoms with Gasteiger partial charge in [-0.1, -0.05) is 0 Å². The second kappa shape index (κ2) is 5.64. The normalized spacial score (nSPS) is 20.0. The van der Waals surface area contributed by atoms with E-state index < -0.39 is 0 Å². The summed E-state index contributed by atoms with van der Waals surface area (Å²) in [4.78, 5) is 26.6. The van der Waals surface area contributed by atoms with Crippen molar-refractivity contribution in [3.8, 4) is 0 Å². The first-order valence-corrected chi connectivity index (χ1v) is 8.12. The van der Waals surface area contributed by atoms with Crippen molar-refractivity contribution in [1.82, 2.24) is 24.9 Å². The zero-order valence-corrected chi connectivity index (χ0v) is 12.9. The Kier molecular flexibility index (Phi) is 3.48. The smallest absolute Gasteiger partial charge is 0.272 e. The highest BCUT2D eigenvalue weighted by atomic mass is 16.2. The molecule has 7 nitrogen and oxygen atoms in total. The monoisotopic (exact) mass is 313 g/mol. The van der Waals surface area contributed by atoms with Gasteiger partial charge in [-0.25, -0.2) is 4.68 Å². The van der Waals surface area contributed by atoms with E-state index in [0.29, 0.717) is 18.8 Å². The molecule has 0 bridgehead atoms. The molecule has 0 spiro atoms. The van der Waals surface area contributed by atoms with Gasteiger partial charge in [0.1, 0.15) is 5.69 Å². The number of carbonyl (C=O) groups is 1. The molecule has 0 saturated carbocycles. The van der Waals surface area contributed by atoms with E-state index in [2.05, 4.69) is 15.3 Å². The topological polar surface area (TPSA) is 83.9 Å². The largest absolute Gasteiger partial charge is 0.332 e. The van der Waals surface area contributed by atoms with E-state index in [1.165, 1.54) is 4.68 Å². The molecule has 1 saturated heterocycles. The molecule has 3 heterocycles. The molecular weight excluding hydrogens is 294 g/mol. The Hall–Kier alpha value is -2.44. The molecule has 2 aromatic rings. The van der Waals surface area contributed by atoms with Gasteiger partial charge in [0.15, 0.2) is 0 Å². The van der Waals surface area contributed by atoms with E-state index in [-0.39, 0.29) is 17.5 Å². The van der Waals surface area contributed by atoms with Gasteiger partial charge in [-0.3, -0.25) is 14.7 Å². The standard InChI is InChI=1S/C16H19N5O2/c22-15-9-11-3-1-5-13(11)19-21(15)10-12-4-2-8-20(12)16(23)14-6-7-17-18-14/h6-7,9,12H,1-5,8,10H2,(H,17,18). The highest BCUT2D eigenvalue weighted by Gasteiger charge is 2.31. The highest BCUT2D eigenvalue weighted by molar-refractivity contribution is 5.92. The summed E-state index contributed by atoms with van der Waals surface area (Å²) in [6.45, 7) is 1.17. The zero-order valence-electron chi connectivity index (χ0n) is 12.9. The summed E-state index contributed by atoms with van der Waals surface area (Å²) < 4.78 is 1.54. The predicted molar refractivity (Wildman–Crippen MR) is 83.2 cm³/mol. The number of carbonyl (C=O) groups excluding carboxylic acids is 1.